The highest BCUT2D eigenvalue weighted by Gasteiger charge is 2.13. The second kappa shape index (κ2) is 9.03. The number of hydrogen-bond acceptors (Lipinski definition) is 4. The number of amides is 1. The van der Waals surface area contributed by atoms with E-state index in [0.29, 0.717) is 5.75 Å². The summed E-state index contributed by atoms with van der Waals surface area (Å²) in [5, 5.41) is 12.2. The van der Waals surface area contributed by atoms with Gasteiger partial charge in [0.2, 0.25) is 5.91 Å². The molecule has 1 heterocycles. The molecule has 1 aliphatic carbocycles. The standard InChI is InChI=1S/C20H26N4OS/c1-15-7-6-10-18(13-15)24-16(2)22-23-20(24)26-14-19(25)21-12-11-17-8-4-3-5-9-17/h6-8,10,13H,3-5,9,11-12,14H2,1-2H3,(H,21,25). The van der Waals surface area contributed by atoms with Crippen LogP contribution in [-0.2, 0) is 4.79 Å². The fourth-order valence-electron chi connectivity index (χ4n) is 3.18. The Morgan fingerprint density at radius 2 is 2.15 bits per heavy atom. The van der Waals surface area contributed by atoms with Gasteiger partial charge in [0, 0.05) is 12.2 Å². The highest BCUT2D eigenvalue weighted by Crippen LogP contribution is 2.22. The molecule has 1 amide bonds. The van der Waals surface area contributed by atoms with Crippen LogP contribution in [0.5, 0.6) is 0 Å². The molecule has 0 bridgehead atoms. The van der Waals surface area contributed by atoms with Crippen LogP contribution in [-0.4, -0.2) is 33.0 Å². The van der Waals surface area contributed by atoms with Crippen molar-refractivity contribution in [3.63, 3.8) is 0 Å². The van der Waals surface area contributed by atoms with Gasteiger partial charge in [-0.1, -0.05) is 35.5 Å². The fraction of sp³-hybridized carbons (Fsp3) is 0.450. The van der Waals surface area contributed by atoms with Crippen LogP contribution >= 0.6 is 11.8 Å². The van der Waals surface area contributed by atoms with E-state index in [1.165, 1.54) is 48.6 Å². The molecule has 1 N–H and O–H groups in total. The van der Waals surface area contributed by atoms with Crippen molar-refractivity contribution in [2.75, 3.05) is 12.3 Å². The molecular formula is C20H26N4OS. The van der Waals surface area contributed by atoms with Gasteiger partial charge < -0.3 is 5.32 Å². The first kappa shape index (κ1) is 18.7. The predicted molar refractivity (Wildman–Crippen MR) is 106 cm³/mol. The van der Waals surface area contributed by atoms with Gasteiger partial charge in [-0.3, -0.25) is 9.36 Å². The molecule has 2 aromatic rings. The molecule has 0 saturated carbocycles. The van der Waals surface area contributed by atoms with E-state index in [2.05, 4.69) is 40.6 Å². The summed E-state index contributed by atoms with van der Waals surface area (Å²) in [6, 6.07) is 8.21. The van der Waals surface area contributed by atoms with Crippen molar-refractivity contribution in [3.05, 3.63) is 47.3 Å². The monoisotopic (exact) mass is 370 g/mol. The van der Waals surface area contributed by atoms with Crippen molar-refractivity contribution >= 4 is 17.7 Å². The van der Waals surface area contributed by atoms with Gasteiger partial charge in [0.15, 0.2) is 5.16 Å². The molecule has 6 heteroatoms. The van der Waals surface area contributed by atoms with E-state index < -0.39 is 0 Å². The SMILES string of the molecule is Cc1cccc(-n2c(C)nnc2SCC(=O)NCCC2=CCCCC2)c1. The lowest BCUT2D eigenvalue weighted by molar-refractivity contribution is -0.118. The van der Waals surface area contributed by atoms with Crippen LogP contribution in [0.15, 0.2) is 41.1 Å². The highest BCUT2D eigenvalue weighted by atomic mass is 32.2. The number of nitrogens with zero attached hydrogens (tertiary/aromatic N) is 3. The first-order valence-electron chi connectivity index (χ1n) is 9.20. The van der Waals surface area contributed by atoms with Crippen molar-refractivity contribution in [1.82, 2.24) is 20.1 Å². The third-order valence-electron chi connectivity index (χ3n) is 4.54. The van der Waals surface area contributed by atoms with Crippen LogP contribution in [0.2, 0.25) is 0 Å². The van der Waals surface area contributed by atoms with Crippen molar-refractivity contribution in [3.8, 4) is 5.69 Å². The Hall–Kier alpha value is -2.08. The minimum Gasteiger partial charge on any atom is -0.355 e. The largest absolute Gasteiger partial charge is 0.355 e. The Bertz CT molecular complexity index is 797. The molecule has 3 rings (SSSR count). The molecule has 138 valence electrons. The van der Waals surface area contributed by atoms with E-state index in [4.69, 9.17) is 0 Å². The van der Waals surface area contributed by atoms with Crippen molar-refractivity contribution < 1.29 is 4.79 Å². The molecule has 0 fully saturated rings. The smallest absolute Gasteiger partial charge is 0.230 e. The van der Waals surface area contributed by atoms with E-state index in [9.17, 15) is 4.79 Å². The summed E-state index contributed by atoms with van der Waals surface area (Å²) in [6.07, 6.45) is 8.25. The van der Waals surface area contributed by atoms with Gasteiger partial charge >= 0.3 is 0 Å². The Kier molecular flexibility index (Phi) is 6.50. The van der Waals surface area contributed by atoms with Gasteiger partial charge in [0.25, 0.3) is 0 Å². The maximum atomic E-state index is 12.2. The van der Waals surface area contributed by atoms with Crippen molar-refractivity contribution in [2.24, 2.45) is 0 Å². The van der Waals surface area contributed by atoms with E-state index in [0.717, 1.165) is 29.6 Å². The Morgan fingerprint density at radius 3 is 2.92 bits per heavy atom. The number of carbonyl (C=O) groups is 1. The summed E-state index contributed by atoms with van der Waals surface area (Å²) < 4.78 is 2.00. The Balaban J connectivity index is 1.53. The Labute approximate surface area is 159 Å². The second-order valence-corrected chi connectivity index (χ2v) is 7.64. The summed E-state index contributed by atoms with van der Waals surface area (Å²) in [6.45, 7) is 4.71. The molecule has 0 spiro atoms. The zero-order chi connectivity index (χ0) is 18.4. The van der Waals surface area contributed by atoms with Gasteiger partial charge in [0.05, 0.1) is 5.75 Å². The number of aromatic nitrogens is 3. The maximum Gasteiger partial charge on any atom is 0.230 e. The lowest BCUT2D eigenvalue weighted by Crippen LogP contribution is -2.26. The minimum absolute atomic E-state index is 0.0443. The van der Waals surface area contributed by atoms with Gasteiger partial charge in [-0.15, -0.1) is 10.2 Å². The molecule has 0 radical (unpaired) electrons. The predicted octanol–water partition coefficient (Wildman–Crippen LogP) is 3.98. The highest BCUT2D eigenvalue weighted by molar-refractivity contribution is 7.99. The lowest BCUT2D eigenvalue weighted by atomic mass is 9.97. The lowest BCUT2D eigenvalue weighted by Gasteiger charge is -2.13. The van der Waals surface area contributed by atoms with Crippen LogP contribution in [0.1, 0.15) is 43.5 Å². The quantitative estimate of drug-likeness (QED) is 0.591. The number of carbonyl (C=O) groups excluding carboxylic acids is 1. The molecule has 0 aliphatic heterocycles. The van der Waals surface area contributed by atoms with Crippen LogP contribution in [0.25, 0.3) is 5.69 Å². The van der Waals surface area contributed by atoms with Crippen molar-refractivity contribution in [1.29, 1.82) is 0 Å². The summed E-state index contributed by atoms with van der Waals surface area (Å²) in [5.74, 6) is 1.22. The fourth-order valence-corrected chi connectivity index (χ4v) is 4.00. The summed E-state index contributed by atoms with van der Waals surface area (Å²) >= 11 is 1.43. The van der Waals surface area contributed by atoms with Gasteiger partial charge in [-0.2, -0.15) is 0 Å². The first-order chi connectivity index (χ1) is 12.6. The molecule has 1 aromatic heterocycles. The number of benzene rings is 1. The summed E-state index contributed by atoms with van der Waals surface area (Å²) in [7, 11) is 0. The average molecular weight is 371 g/mol. The van der Waals surface area contributed by atoms with Crippen molar-refractivity contribution in [2.45, 2.75) is 51.1 Å². The summed E-state index contributed by atoms with van der Waals surface area (Å²) in [4.78, 5) is 12.2. The molecule has 0 unspecified atom stereocenters. The number of rotatable bonds is 7. The van der Waals surface area contributed by atoms with Crippen LogP contribution < -0.4 is 5.32 Å². The number of aryl methyl sites for hydroxylation is 2. The average Bonchev–Trinajstić information content (AvgIpc) is 3.01. The van der Waals surface area contributed by atoms with Crippen LogP contribution in [0.3, 0.4) is 0 Å². The summed E-state index contributed by atoms with van der Waals surface area (Å²) in [5.41, 5.74) is 3.69. The third kappa shape index (κ3) is 4.97. The molecule has 1 aromatic carbocycles. The van der Waals surface area contributed by atoms with Gasteiger partial charge in [0.1, 0.15) is 5.82 Å². The maximum absolute atomic E-state index is 12.2. The van der Waals surface area contributed by atoms with Crippen LogP contribution in [0, 0.1) is 13.8 Å². The van der Waals surface area contributed by atoms with Crippen LogP contribution in [0.4, 0.5) is 0 Å². The normalized spacial score (nSPS) is 14.2. The van der Waals surface area contributed by atoms with E-state index in [1.54, 1.807) is 0 Å². The third-order valence-corrected chi connectivity index (χ3v) is 5.47. The topological polar surface area (TPSA) is 59.8 Å². The number of thioether (sulfide) groups is 1. The number of nitrogens with one attached hydrogen (secondary N) is 1. The van der Waals surface area contributed by atoms with Gasteiger partial charge in [-0.25, -0.2) is 0 Å². The zero-order valence-corrected chi connectivity index (χ0v) is 16.3. The Morgan fingerprint density at radius 1 is 1.27 bits per heavy atom. The molecule has 1 aliphatic rings. The van der Waals surface area contributed by atoms with E-state index >= 15 is 0 Å². The minimum atomic E-state index is 0.0443. The number of allylic oxidation sites excluding steroid dienone is 1. The zero-order valence-electron chi connectivity index (χ0n) is 15.5. The second-order valence-electron chi connectivity index (χ2n) is 6.70. The molecule has 0 saturated heterocycles. The molecular weight excluding hydrogens is 344 g/mol. The van der Waals surface area contributed by atoms with E-state index in [1.807, 2.05) is 23.6 Å². The molecule has 5 nitrogen and oxygen atoms in total. The number of hydrogen-bond donors (Lipinski definition) is 1. The molecule has 26 heavy (non-hydrogen) atoms. The molecule has 0 atom stereocenters. The van der Waals surface area contributed by atoms with E-state index in [-0.39, 0.29) is 5.91 Å². The first-order valence-corrected chi connectivity index (χ1v) is 10.2. The van der Waals surface area contributed by atoms with Gasteiger partial charge in [-0.05, 0) is 63.6 Å².